The zero-order chi connectivity index (χ0) is 16.9. The minimum absolute atomic E-state index is 1.08. The highest BCUT2D eigenvalue weighted by Crippen LogP contribution is 2.02. The van der Waals surface area contributed by atoms with Crippen molar-refractivity contribution in [3.63, 3.8) is 0 Å². The number of likely N-dealkylation sites (N-methyl/N-ethyl adjacent to an activating group) is 3. The summed E-state index contributed by atoms with van der Waals surface area (Å²) in [7, 11) is 0. The van der Waals surface area contributed by atoms with Gasteiger partial charge in [0, 0.05) is 65.4 Å². The van der Waals surface area contributed by atoms with Gasteiger partial charge in [0.05, 0.1) is 0 Å². The summed E-state index contributed by atoms with van der Waals surface area (Å²) in [6.07, 6.45) is 0. The summed E-state index contributed by atoms with van der Waals surface area (Å²) in [6.45, 7) is 25.7. The Morgan fingerprint density at radius 3 is 1.74 bits per heavy atom. The van der Waals surface area contributed by atoms with E-state index in [1.54, 1.807) is 0 Å². The molecule has 0 spiro atoms. The molecule has 1 aliphatic rings. The van der Waals surface area contributed by atoms with Crippen molar-refractivity contribution in [2.45, 2.75) is 27.7 Å². The van der Waals surface area contributed by atoms with Crippen molar-refractivity contribution < 1.29 is 0 Å². The van der Waals surface area contributed by atoms with Gasteiger partial charge in [-0.15, -0.1) is 0 Å². The quantitative estimate of drug-likeness (QED) is 0.506. The predicted molar refractivity (Wildman–Crippen MR) is 101 cm³/mol. The third-order valence-corrected chi connectivity index (χ3v) is 5.13. The van der Waals surface area contributed by atoms with Gasteiger partial charge in [0.15, 0.2) is 0 Å². The number of hydrogen-bond donors (Lipinski definition) is 1. The van der Waals surface area contributed by atoms with Crippen LogP contribution in [0.15, 0.2) is 0 Å². The van der Waals surface area contributed by atoms with E-state index >= 15 is 0 Å². The molecule has 0 aromatic heterocycles. The van der Waals surface area contributed by atoms with E-state index in [2.05, 4.69) is 52.6 Å². The average molecular weight is 328 g/mol. The van der Waals surface area contributed by atoms with Crippen LogP contribution in [-0.2, 0) is 0 Å². The van der Waals surface area contributed by atoms with E-state index in [9.17, 15) is 0 Å². The lowest BCUT2D eigenvalue weighted by Gasteiger charge is -2.36. The summed E-state index contributed by atoms with van der Waals surface area (Å²) >= 11 is 0. The van der Waals surface area contributed by atoms with Crippen LogP contribution >= 0.6 is 0 Å². The molecule has 1 N–H and O–H groups in total. The summed E-state index contributed by atoms with van der Waals surface area (Å²) in [5, 5.41) is 3.42. The summed E-state index contributed by atoms with van der Waals surface area (Å²) in [5.74, 6) is 0. The lowest BCUT2D eigenvalue weighted by Crippen LogP contribution is -2.50. The van der Waals surface area contributed by atoms with Crippen molar-refractivity contribution in [1.82, 2.24) is 24.9 Å². The van der Waals surface area contributed by atoms with Crippen LogP contribution in [0.1, 0.15) is 27.7 Å². The number of rotatable bonds is 13. The lowest BCUT2D eigenvalue weighted by molar-refractivity contribution is 0.117. The second-order valence-electron chi connectivity index (χ2n) is 6.50. The molecular formula is C18H41N5. The molecule has 1 aliphatic heterocycles. The summed E-state index contributed by atoms with van der Waals surface area (Å²) in [4.78, 5) is 10.4. The molecule has 1 heterocycles. The average Bonchev–Trinajstić information content (AvgIpc) is 2.59. The monoisotopic (exact) mass is 327 g/mol. The van der Waals surface area contributed by atoms with Crippen LogP contribution in [-0.4, -0.2) is 111 Å². The van der Waals surface area contributed by atoms with Gasteiger partial charge in [0.25, 0.3) is 0 Å². The number of nitrogens with one attached hydrogen (secondary N) is 1. The van der Waals surface area contributed by atoms with E-state index in [-0.39, 0.29) is 0 Å². The van der Waals surface area contributed by atoms with Gasteiger partial charge < -0.3 is 15.1 Å². The third kappa shape index (κ3) is 9.01. The molecule has 0 aliphatic carbocycles. The van der Waals surface area contributed by atoms with Crippen LogP contribution in [0.5, 0.6) is 0 Å². The second-order valence-corrected chi connectivity index (χ2v) is 6.50. The maximum Gasteiger partial charge on any atom is 0.0110 e. The van der Waals surface area contributed by atoms with Crippen molar-refractivity contribution in [3.05, 3.63) is 0 Å². The number of hydrogen-bond acceptors (Lipinski definition) is 5. The zero-order valence-corrected chi connectivity index (χ0v) is 16.2. The van der Waals surface area contributed by atoms with Crippen LogP contribution in [0, 0.1) is 0 Å². The fourth-order valence-corrected chi connectivity index (χ4v) is 3.18. The standard InChI is InChI=1S/C18H41N5/c1-5-19-9-10-22-15-17-23(18-16-22)14-13-21(8-4)12-11-20(6-2)7-3/h19H,5-18H2,1-4H3. The van der Waals surface area contributed by atoms with E-state index in [4.69, 9.17) is 0 Å². The predicted octanol–water partition coefficient (Wildman–Crippen LogP) is 0.877. The Morgan fingerprint density at radius 2 is 1.22 bits per heavy atom. The Labute approximate surface area is 145 Å². The maximum atomic E-state index is 3.42. The van der Waals surface area contributed by atoms with Gasteiger partial charge in [-0.1, -0.05) is 27.7 Å². The fraction of sp³-hybridized carbons (Fsp3) is 1.00. The minimum Gasteiger partial charge on any atom is -0.316 e. The van der Waals surface area contributed by atoms with Gasteiger partial charge in [-0.05, 0) is 26.2 Å². The molecule has 138 valence electrons. The van der Waals surface area contributed by atoms with Crippen LogP contribution in [0.25, 0.3) is 0 Å². The van der Waals surface area contributed by atoms with E-state index in [1.165, 1.54) is 78.5 Å². The third-order valence-electron chi connectivity index (χ3n) is 5.13. The first-order chi connectivity index (χ1) is 11.2. The van der Waals surface area contributed by atoms with E-state index < -0.39 is 0 Å². The zero-order valence-electron chi connectivity index (χ0n) is 16.2. The van der Waals surface area contributed by atoms with Crippen LogP contribution in [0.2, 0.25) is 0 Å². The van der Waals surface area contributed by atoms with Gasteiger partial charge in [-0.3, -0.25) is 9.80 Å². The van der Waals surface area contributed by atoms with Crippen LogP contribution in [0.4, 0.5) is 0 Å². The van der Waals surface area contributed by atoms with Gasteiger partial charge in [-0.2, -0.15) is 0 Å². The highest BCUT2D eigenvalue weighted by atomic mass is 15.3. The Kier molecular flexibility index (Phi) is 11.9. The molecule has 0 saturated carbocycles. The van der Waals surface area contributed by atoms with Crippen LogP contribution in [0.3, 0.4) is 0 Å². The highest BCUT2D eigenvalue weighted by Gasteiger charge is 2.16. The molecule has 0 aromatic rings. The van der Waals surface area contributed by atoms with Crippen molar-refractivity contribution in [2.75, 3.05) is 91.6 Å². The molecule has 0 atom stereocenters. The molecule has 0 radical (unpaired) electrons. The van der Waals surface area contributed by atoms with E-state index in [0.29, 0.717) is 0 Å². The summed E-state index contributed by atoms with van der Waals surface area (Å²) < 4.78 is 0. The Balaban J connectivity index is 2.14. The molecule has 0 amide bonds. The van der Waals surface area contributed by atoms with Crippen molar-refractivity contribution in [2.24, 2.45) is 0 Å². The van der Waals surface area contributed by atoms with Crippen LogP contribution < -0.4 is 5.32 Å². The molecule has 1 fully saturated rings. The first kappa shape index (κ1) is 20.8. The van der Waals surface area contributed by atoms with E-state index in [0.717, 1.165) is 13.1 Å². The molecular weight excluding hydrogens is 286 g/mol. The molecule has 0 bridgehead atoms. The molecule has 5 heteroatoms. The van der Waals surface area contributed by atoms with Crippen molar-refractivity contribution >= 4 is 0 Å². The van der Waals surface area contributed by atoms with Gasteiger partial charge in [0.2, 0.25) is 0 Å². The van der Waals surface area contributed by atoms with Gasteiger partial charge >= 0.3 is 0 Å². The molecule has 1 saturated heterocycles. The molecule has 23 heavy (non-hydrogen) atoms. The first-order valence-corrected chi connectivity index (χ1v) is 9.83. The topological polar surface area (TPSA) is 25.0 Å². The SMILES string of the molecule is CCNCCN1CCN(CCN(CC)CCN(CC)CC)CC1. The smallest absolute Gasteiger partial charge is 0.0110 e. The Morgan fingerprint density at radius 1 is 0.696 bits per heavy atom. The molecule has 0 aromatic carbocycles. The van der Waals surface area contributed by atoms with Crippen molar-refractivity contribution in [1.29, 1.82) is 0 Å². The Bertz CT molecular complexity index is 262. The lowest BCUT2D eigenvalue weighted by atomic mass is 10.3. The molecule has 5 nitrogen and oxygen atoms in total. The number of piperazine rings is 1. The van der Waals surface area contributed by atoms with E-state index in [1.807, 2.05) is 0 Å². The fourth-order valence-electron chi connectivity index (χ4n) is 3.18. The maximum absolute atomic E-state index is 3.42. The normalized spacial score (nSPS) is 17.5. The highest BCUT2D eigenvalue weighted by molar-refractivity contribution is 4.73. The largest absolute Gasteiger partial charge is 0.316 e. The minimum atomic E-state index is 1.08. The summed E-state index contributed by atoms with van der Waals surface area (Å²) in [5.41, 5.74) is 0. The summed E-state index contributed by atoms with van der Waals surface area (Å²) in [6, 6.07) is 0. The number of nitrogens with zero attached hydrogens (tertiary/aromatic N) is 4. The molecule has 0 unspecified atom stereocenters. The Hall–Kier alpha value is -0.200. The van der Waals surface area contributed by atoms with Gasteiger partial charge in [0.1, 0.15) is 0 Å². The van der Waals surface area contributed by atoms with Crippen molar-refractivity contribution in [3.8, 4) is 0 Å². The second kappa shape index (κ2) is 13.1. The van der Waals surface area contributed by atoms with Gasteiger partial charge in [-0.25, -0.2) is 0 Å². The molecule has 1 rings (SSSR count). The first-order valence-electron chi connectivity index (χ1n) is 9.83.